The standard InChI is InChI=1S/C13H19NO2/c1-3-9-14-10-11-16-13-7-5-12(6-8-13)15-4-2/h3,5-8,14H,1,4,9-11H2,2H3. The highest BCUT2D eigenvalue weighted by Crippen LogP contribution is 2.17. The topological polar surface area (TPSA) is 30.5 Å². The largest absolute Gasteiger partial charge is 0.494 e. The van der Waals surface area contributed by atoms with E-state index < -0.39 is 0 Å². The molecule has 88 valence electrons. The average Bonchev–Trinajstić information content (AvgIpc) is 2.31. The predicted octanol–water partition coefficient (Wildman–Crippen LogP) is 2.24. The van der Waals surface area contributed by atoms with E-state index in [-0.39, 0.29) is 0 Å². The van der Waals surface area contributed by atoms with Crippen molar-refractivity contribution in [2.24, 2.45) is 0 Å². The van der Waals surface area contributed by atoms with Gasteiger partial charge < -0.3 is 14.8 Å². The number of nitrogens with one attached hydrogen (secondary N) is 1. The van der Waals surface area contributed by atoms with Crippen LogP contribution in [-0.4, -0.2) is 26.3 Å². The number of hydrogen-bond donors (Lipinski definition) is 1. The average molecular weight is 221 g/mol. The highest BCUT2D eigenvalue weighted by Gasteiger charge is 1.95. The van der Waals surface area contributed by atoms with Gasteiger partial charge in [0.2, 0.25) is 0 Å². The van der Waals surface area contributed by atoms with Gasteiger partial charge in [-0.2, -0.15) is 0 Å². The number of benzene rings is 1. The fraction of sp³-hybridized carbons (Fsp3) is 0.385. The van der Waals surface area contributed by atoms with Crippen molar-refractivity contribution in [3.8, 4) is 11.5 Å². The Labute approximate surface area is 97.1 Å². The zero-order chi connectivity index (χ0) is 11.6. The first kappa shape index (κ1) is 12.6. The van der Waals surface area contributed by atoms with Crippen LogP contribution in [0.1, 0.15) is 6.92 Å². The van der Waals surface area contributed by atoms with E-state index in [0.29, 0.717) is 13.2 Å². The molecule has 0 aliphatic carbocycles. The first-order chi connectivity index (χ1) is 7.86. The van der Waals surface area contributed by atoms with Crippen LogP contribution >= 0.6 is 0 Å². The Kier molecular flexibility index (Phi) is 6.11. The number of rotatable bonds is 8. The predicted molar refractivity (Wildman–Crippen MR) is 66.2 cm³/mol. The minimum Gasteiger partial charge on any atom is -0.494 e. The molecule has 0 radical (unpaired) electrons. The van der Waals surface area contributed by atoms with Crippen molar-refractivity contribution in [2.45, 2.75) is 6.92 Å². The van der Waals surface area contributed by atoms with Gasteiger partial charge in [-0.3, -0.25) is 0 Å². The minimum absolute atomic E-state index is 0.655. The van der Waals surface area contributed by atoms with Crippen molar-refractivity contribution in [3.05, 3.63) is 36.9 Å². The second-order valence-electron chi connectivity index (χ2n) is 3.25. The Morgan fingerprint density at radius 3 is 2.38 bits per heavy atom. The summed E-state index contributed by atoms with van der Waals surface area (Å²) in [5.41, 5.74) is 0. The van der Waals surface area contributed by atoms with E-state index in [9.17, 15) is 0 Å². The molecule has 0 aliphatic rings. The van der Waals surface area contributed by atoms with E-state index >= 15 is 0 Å². The van der Waals surface area contributed by atoms with Crippen molar-refractivity contribution in [1.29, 1.82) is 0 Å². The van der Waals surface area contributed by atoms with Gasteiger partial charge in [0, 0.05) is 13.1 Å². The third-order valence-electron chi connectivity index (χ3n) is 1.97. The van der Waals surface area contributed by atoms with Crippen molar-refractivity contribution < 1.29 is 9.47 Å². The Morgan fingerprint density at radius 1 is 1.19 bits per heavy atom. The highest BCUT2D eigenvalue weighted by atomic mass is 16.5. The SMILES string of the molecule is C=CCNCCOc1ccc(OCC)cc1. The molecule has 0 saturated carbocycles. The molecule has 3 heteroatoms. The number of hydrogen-bond acceptors (Lipinski definition) is 3. The summed E-state index contributed by atoms with van der Waals surface area (Å²) < 4.78 is 10.9. The molecule has 0 fully saturated rings. The first-order valence-electron chi connectivity index (χ1n) is 5.54. The normalized spacial score (nSPS) is 9.81. The van der Waals surface area contributed by atoms with Gasteiger partial charge in [0.15, 0.2) is 0 Å². The van der Waals surface area contributed by atoms with Crippen molar-refractivity contribution in [1.82, 2.24) is 5.32 Å². The van der Waals surface area contributed by atoms with Crippen LogP contribution in [0.5, 0.6) is 11.5 Å². The molecule has 1 aromatic carbocycles. The summed E-state index contributed by atoms with van der Waals surface area (Å²) in [5.74, 6) is 1.74. The maximum absolute atomic E-state index is 5.53. The highest BCUT2D eigenvalue weighted by molar-refractivity contribution is 5.31. The van der Waals surface area contributed by atoms with E-state index in [4.69, 9.17) is 9.47 Å². The van der Waals surface area contributed by atoms with E-state index in [1.54, 1.807) is 0 Å². The van der Waals surface area contributed by atoms with Crippen LogP contribution in [0.15, 0.2) is 36.9 Å². The monoisotopic (exact) mass is 221 g/mol. The molecular formula is C13H19NO2. The minimum atomic E-state index is 0.655. The zero-order valence-corrected chi connectivity index (χ0v) is 9.74. The Balaban J connectivity index is 2.23. The van der Waals surface area contributed by atoms with Gasteiger partial charge in [-0.15, -0.1) is 6.58 Å². The molecule has 0 saturated heterocycles. The summed E-state index contributed by atoms with van der Waals surface area (Å²) in [6.45, 7) is 8.57. The summed E-state index contributed by atoms with van der Waals surface area (Å²) in [7, 11) is 0. The lowest BCUT2D eigenvalue weighted by atomic mass is 10.3. The smallest absolute Gasteiger partial charge is 0.119 e. The molecule has 0 bridgehead atoms. The van der Waals surface area contributed by atoms with Gasteiger partial charge in [0.25, 0.3) is 0 Å². The molecule has 0 unspecified atom stereocenters. The summed E-state index contributed by atoms with van der Waals surface area (Å²) in [6, 6.07) is 7.66. The van der Waals surface area contributed by atoms with E-state index in [1.807, 2.05) is 37.3 Å². The van der Waals surface area contributed by atoms with Crippen molar-refractivity contribution >= 4 is 0 Å². The van der Waals surface area contributed by atoms with Crippen LogP contribution in [0, 0.1) is 0 Å². The van der Waals surface area contributed by atoms with Gasteiger partial charge in [0.1, 0.15) is 18.1 Å². The molecule has 0 amide bonds. The van der Waals surface area contributed by atoms with Crippen LogP contribution in [-0.2, 0) is 0 Å². The van der Waals surface area contributed by atoms with E-state index in [0.717, 1.165) is 24.6 Å². The maximum Gasteiger partial charge on any atom is 0.119 e. The zero-order valence-electron chi connectivity index (χ0n) is 9.74. The third kappa shape index (κ3) is 4.84. The fourth-order valence-electron chi connectivity index (χ4n) is 1.24. The molecule has 16 heavy (non-hydrogen) atoms. The lowest BCUT2D eigenvalue weighted by molar-refractivity contribution is 0.313. The molecule has 0 aromatic heterocycles. The van der Waals surface area contributed by atoms with E-state index in [2.05, 4.69) is 11.9 Å². The van der Waals surface area contributed by atoms with Crippen LogP contribution in [0.4, 0.5) is 0 Å². The van der Waals surface area contributed by atoms with Crippen LogP contribution in [0.25, 0.3) is 0 Å². The van der Waals surface area contributed by atoms with Crippen LogP contribution in [0.2, 0.25) is 0 Å². The third-order valence-corrected chi connectivity index (χ3v) is 1.97. The Bertz CT molecular complexity index is 295. The Morgan fingerprint density at radius 2 is 1.81 bits per heavy atom. The lowest BCUT2D eigenvalue weighted by Gasteiger charge is -2.07. The summed E-state index contributed by atoms with van der Waals surface area (Å²) in [4.78, 5) is 0. The van der Waals surface area contributed by atoms with Crippen LogP contribution in [0.3, 0.4) is 0 Å². The molecule has 0 heterocycles. The number of ether oxygens (including phenoxy) is 2. The quantitative estimate of drug-likeness (QED) is 0.539. The molecule has 0 atom stereocenters. The molecule has 3 nitrogen and oxygen atoms in total. The lowest BCUT2D eigenvalue weighted by Crippen LogP contribution is -2.20. The summed E-state index contributed by atoms with van der Waals surface area (Å²) in [6.07, 6.45) is 1.83. The van der Waals surface area contributed by atoms with Crippen molar-refractivity contribution in [3.63, 3.8) is 0 Å². The van der Waals surface area contributed by atoms with Gasteiger partial charge >= 0.3 is 0 Å². The van der Waals surface area contributed by atoms with Crippen LogP contribution < -0.4 is 14.8 Å². The van der Waals surface area contributed by atoms with E-state index in [1.165, 1.54) is 0 Å². The van der Waals surface area contributed by atoms with Gasteiger partial charge in [-0.1, -0.05) is 6.08 Å². The molecule has 1 aromatic rings. The molecular weight excluding hydrogens is 202 g/mol. The molecule has 0 aliphatic heterocycles. The maximum atomic E-state index is 5.53. The van der Waals surface area contributed by atoms with Gasteiger partial charge in [-0.05, 0) is 31.2 Å². The van der Waals surface area contributed by atoms with Gasteiger partial charge in [-0.25, -0.2) is 0 Å². The second kappa shape index (κ2) is 7.77. The first-order valence-corrected chi connectivity index (χ1v) is 5.54. The van der Waals surface area contributed by atoms with Crippen molar-refractivity contribution in [2.75, 3.05) is 26.3 Å². The molecule has 0 spiro atoms. The van der Waals surface area contributed by atoms with Gasteiger partial charge in [0.05, 0.1) is 6.61 Å². The molecule has 1 rings (SSSR count). The Hall–Kier alpha value is -1.48. The fourth-order valence-corrected chi connectivity index (χ4v) is 1.24. The summed E-state index contributed by atoms with van der Waals surface area (Å²) >= 11 is 0. The summed E-state index contributed by atoms with van der Waals surface area (Å²) in [5, 5.41) is 3.17. The molecule has 1 N–H and O–H groups in total. The second-order valence-corrected chi connectivity index (χ2v) is 3.25.